The first-order chi connectivity index (χ1) is 9.32. The highest BCUT2D eigenvalue weighted by Gasteiger charge is 2.18. The molecule has 5 nitrogen and oxygen atoms in total. The SMILES string of the molecule is COC(C)(C)CCOc1ccc(/C(N)=N/O)c(Br)c1F. The topological polar surface area (TPSA) is 77.1 Å². The lowest BCUT2D eigenvalue weighted by atomic mass is 10.1. The molecule has 0 radical (unpaired) electrons. The van der Waals surface area contributed by atoms with Crippen molar-refractivity contribution in [1.82, 2.24) is 0 Å². The van der Waals surface area contributed by atoms with E-state index in [-0.39, 0.29) is 27.2 Å². The minimum absolute atomic E-state index is 0.0938. The predicted molar refractivity (Wildman–Crippen MR) is 77.8 cm³/mol. The lowest BCUT2D eigenvalue weighted by Gasteiger charge is -2.22. The van der Waals surface area contributed by atoms with Crippen molar-refractivity contribution in [2.24, 2.45) is 10.9 Å². The number of hydrogen-bond donors (Lipinski definition) is 2. The first-order valence-corrected chi connectivity index (χ1v) is 6.75. The number of ether oxygens (including phenoxy) is 2. The number of halogens is 2. The van der Waals surface area contributed by atoms with E-state index < -0.39 is 5.82 Å². The summed E-state index contributed by atoms with van der Waals surface area (Å²) in [6.07, 6.45) is 0.614. The summed E-state index contributed by atoms with van der Waals surface area (Å²) in [5.74, 6) is -0.676. The van der Waals surface area contributed by atoms with Crippen molar-refractivity contribution < 1.29 is 19.1 Å². The number of rotatable bonds is 6. The zero-order chi connectivity index (χ0) is 15.3. The molecule has 0 aromatic heterocycles. The molecule has 0 unspecified atom stereocenters. The highest BCUT2D eigenvalue weighted by molar-refractivity contribution is 9.10. The second kappa shape index (κ2) is 6.90. The molecular weight excluding hydrogens is 331 g/mol. The van der Waals surface area contributed by atoms with E-state index >= 15 is 0 Å². The fourth-order valence-corrected chi connectivity index (χ4v) is 1.93. The highest BCUT2D eigenvalue weighted by Crippen LogP contribution is 2.29. The molecule has 0 saturated heterocycles. The van der Waals surface area contributed by atoms with Crippen molar-refractivity contribution in [3.63, 3.8) is 0 Å². The molecule has 1 aromatic rings. The van der Waals surface area contributed by atoms with Gasteiger partial charge in [-0.3, -0.25) is 0 Å². The van der Waals surface area contributed by atoms with Gasteiger partial charge in [0.1, 0.15) is 0 Å². The quantitative estimate of drug-likeness (QED) is 0.358. The van der Waals surface area contributed by atoms with Gasteiger partial charge in [-0.1, -0.05) is 5.16 Å². The Bertz CT molecular complexity index is 507. The standard InChI is InChI=1S/C13H18BrFN2O3/c1-13(2,19-3)6-7-20-9-5-4-8(12(16)17-18)10(14)11(9)15/h4-5,18H,6-7H2,1-3H3,(H2,16,17). The molecule has 0 saturated carbocycles. The van der Waals surface area contributed by atoms with Crippen LogP contribution in [0.25, 0.3) is 0 Å². The van der Waals surface area contributed by atoms with Crippen LogP contribution in [-0.4, -0.2) is 30.4 Å². The van der Waals surface area contributed by atoms with E-state index in [0.717, 1.165) is 0 Å². The van der Waals surface area contributed by atoms with Crippen LogP contribution in [0, 0.1) is 5.82 Å². The Kier molecular flexibility index (Phi) is 5.76. The summed E-state index contributed by atoms with van der Waals surface area (Å²) in [7, 11) is 1.61. The Morgan fingerprint density at radius 1 is 1.50 bits per heavy atom. The lowest BCUT2D eigenvalue weighted by Crippen LogP contribution is -2.25. The summed E-state index contributed by atoms with van der Waals surface area (Å²) in [5.41, 5.74) is 5.36. The minimum atomic E-state index is -0.593. The van der Waals surface area contributed by atoms with Crippen LogP contribution < -0.4 is 10.5 Å². The van der Waals surface area contributed by atoms with Gasteiger partial charge in [0.15, 0.2) is 17.4 Å². The van der Waals surface area contributed by atoms with Crippen molar-refractivity contribution in [3.05, 3.63) is 28.0 Å². The minimum Gasteiger partial charge on any atom is -0.490 e. The summed E-state index contributed by atoms with van der Waals surface area (Å²) in [6.45, 7) is 4.15. The average molecular weight is 349 g/mol. The van der Waals surface area contributed by atoms with Crippen molar-refractivity contribution in [3.8, 4) is 5.75 Å². The number of amidine groups is 1. The first-order valence-electron chi connectivity index (χ1n) is 5.96. The van der Waals surface area contributed by atoms with Gasteiger partial charge in [0.05, 0.1) is 16.7 Å². The smallest absolute Gasteiger partial charge is 0.179 e. The molecule has 0 spiro atoms. The van der Waals surface area contributed by atoms with Crippen LogP contribution in [0.15, 0.2) is 21.8 Å². The van der Waals surface area contributed by atoms with Gasteiger partial charge in [0.25, 0.3) is 0 Å². The van der Waals surface area contributed by atoms with Gasteiger partial charge < -0.3 is 20.4 Å². The van der Waals surface area contributed by atoms with Crippen LogP contribution in [-0.2, 0) is 4.74 Å². The molecule has 0 aliphatic rings. The number of nitrogens with zero attached hydrogens (tertiary/aromatic N) is 1. The average Bonchev–Trinajstić information content (AvgIpc) is 2.42. The maximum Gasteiger partial charge on any atom is 0.179 e. The van der Waals surface area contributed by atoms with Gasteiger partial charge in [-0.05, 0) is 41.9 Å². The number of nitrogens with two attached hydrogens (primary N) is 1. The molecule has 1 rings (SSSR count). The monoisotopic (exact) mass is 348 g/mol. The normalized spacial score (nSPS) is 12.6. The lowest BCUT2D eigenvalue weighted by molar-refractivity contribution is 0.00513. The molecular formula is C13H18BrFN2O3. The second-order valence-corrected chi connectivity index (χ2v) is 5.58. The maximum atomic E-state index is 14.1. The zero-order valence-corrected chi connectivity index (χ0v) is 13.2. The van der Waals surface area contributed by atoms with Crippen molar-refractivity contribution in [1.29, 1.82) is 0 Å². The van der Waals surface area contributed by atoms with E-state index in [0.29, 0.717) is 13.0 Å². The summed E-state index contributed by atoms with van der Waals surface area (Å²) in [5, 5.41) is 11.4. The number of benzene rings is 1. The summed E-state index contributed by atoms with van der Waals surface area (Å²) >= 11 is 3.07. The fourth-order valence-electron chi connectivity index (χ4n) is 1.40. The Morgan fingerprint density at radius 2 is 2.15 bits per heavy atom. The maximum absolute atomic E-state index is 14.1. The third-order valence-electron chi connectivity index (χ3n) is 2.94. The molecule has 3 N–H and O–H groups in total. The van der Waals surface area contributed by atoms with Crippen molar-refractivity contribution >= 4 is 21.8 Å². The molecule has 7 heteroatoms. The van der Waals surface area contributed by atoms with E-state index in [2.05, 4.69) is 21.1 Å². The fraction of sp³-hybridized carbons (Fsp3) is 0.462. The number of methoxy groups -OCH3 is 1. The first kappa shape index (κ1) is 16.7. The molecule has 0 amide bonds. The van der Waals surface area contributed by atoms with Crippen LogP contribution in [0.3, 0.4) is 0 Å². The van der Waals surface area contributed by atoms with Crippen LogP contribution in [0.2, 0.25) is 0 Å². The second-order valence-electron chi connectivity index (χ2n) is 4.79. The third kappa shape index (κ3) is 4.08. The number of hydrogen-bond acceptors (Lipinski definition) is 4. The molecule has 0 heterocycles. The molecule has 0 aliphatic heterocycles. The van der Waals surface area contributed by atoms with E-state index in [1.807, 2.05) is 13.8 Å². The highest BCUT2D eigenvalue weighted by atomic mass is 79.9. The van der Waals surface area contributed by atoms with Crippen LogP contribution in [0.5, 0.6) is 5.75 Å². The third-order valence-corrected chi connectivity index (χ3v) is 3.72. The Labute approximate surface area is 125 Å². The van der Waals surface area contributed by atoms with Crippen LogP contribution in [0.1, 0.15) is 25.8 Å². The van der Waals surface area contributed by atoms with Crippen LogP contribution >= 0.6 is 15.9 Å². The molecule has 20 heavy (non-hydrogen) atoms. The van der Waals surface area contributed by atoms with Gasteiger partial charge in [-0.2, -0.15) is 0 Å². The Morgan fingerprint density at radius 3 is 2.70 bits per heavy atom. The largest absolute Gasteiger partial charge is 0.490 e. The Hall–Kier alpha value is -1.34. The summed E-state index contributed by atoms with van der Waals surface area (Å²) in [6, 6.07) is 2.95. The predicted octanol–water partition coefficient (Wildman–Crippen LogP) is 2.88. The van der Waals surface area contributed by atoms with Gasteiger partial charge in [-0.15, -0.1) is 0 Å². The molecule has 0 atom stereocenters. The van der Waals surface area contributed by atoms with Gasteiger partial charge >= 0.3 is 0 Å². The molecule has 0 aliphatic carbocycles. The Balaban J connectivity index is 2.81. The van der Waals surface area contributed by atoms with E-state index in [9.17, 15) is 4.39 Å². The molecule has 0 bridgehead atoms. The van der Waals surface area contributed by atoms with E-state index in [4.69, 9.17) is 20.4 Å². The van der Waals surface area contributed by atoms with Crippen LogP contribution in [0.4, 0.5) is 4.39 Å². The van der Waals surface area contributed by atoms with E-state index in [1.165, 1.54) is 12.1 Å². The van der Waals surface area contributed by atoms with Gasteiger partial charge in [0, 0.05) is 19.1 Å². The van der Waals surface area contributed by atoms with Gasteiger partial charge in [0.2, 0.25) is 0 Å². The summed E-state index contributed by atoms with van der Waals surface area (Å²) in [4.78, 5) is 0. The molecule has 0 fully saturated rings. The van der Waals surface area contributed by atoms with Gasteiger partial charge in [-0.25, -0.2) is 4.39 Å². The van der Waals surface area contributed by atoms with Crippen molar-refractivity contribution in [2.45, 2.75) is 25.9 Å². The van der Waals surface area contributed by atoms with E-state index in [1.54, 1.807) is 7.11 Å². The molecule has 112 valence electrons. The zero-order valence-electron chi connectivity index (χ0n) is 11.6. The molecule has 1 aromatic carbocycles. The van der Waals surface area contributed by atoms with Crippen molar-refractivity contribution in [2.75, 3.05) is 13.7 Å². The number of oxime groups is 1. The summed E-state index contributed by atoms with van der Waals surface area (Å²) < 4.78 is 24.8.